The number of nitrogens with zero attached hydrogens (tertiary/aromatic N) is 4. The third kappa shape index (κ3) is 9.71. The van der Waals surface area contributed by atoms with Gasteiger partial charge in [0.15, 0.2) is 5.82 Å². The molecule has 2 fully saturated rings. The molecule has 3 aliphatic rings. The van der Waals surface area contributed by atoms with Crippen molar-refractivity contribution in [1.29, 1.82) is 0 Å². The summed E-state index contributed by atoms with van der Waals surface area (Å²) < 4.78 is 61.9. The van der Waals surface area contributed by atoms with Gasteiger partial charge in [0.25, 0.3) is 21.6 Å². The summed E-state index contributed by atoms with van der Waals surface area (Å²) in [5.74, 6) is -1.36. The SMILES string of the molecule is C[C@@H]1CCC(CN2CCN(c3ccc(C(=O)NS(=O)(=O)c4cc(F)c(NC[C@H]5COCCO5)c([N+](=O)[O-])c4)c(Oc4cnc5[nH]ccc5c4)c3)[C@H](C)C2)=C(c2ccc(Cl)cc2)C1. The summed E-state index contributed by atoms with van der Waals surface area (Å²) in [4.78, 5) is 36.3. The number of fused-ring (bicyclic) bond motifs is 1. The molecule has 2 saturated heterocycles. The number of aromatic amines is 1. The number of benzene rings is 3. The topological polar surface area (TPSA) is 181 Å². The average Bonchev–Trinajstić information content (AvgIpc) is 3.72. The summed E-state index contributed by atoms with van der Waals surface area (Å²) in [6.45, 7) is 8.40. The first-order chi connectivity index (χ1) is 29.8. The van der Waals surface area contributed by atoms with E-state index >= 15 is 4.39 Å². The molecule has 8 rings (SSSR count). The molecule has 2 aromatic heterocycles. The summed E-state index contributed by atoms with van der Waals surface area (Å²) in [6.07, 6.45) is 5.92. The second-order valence-electron chi connectivity index (χ2n) is 16.0. The van der Waals surface area contributed by atoms with Gasteiger partial charge in [0.1, 0.15) is 22.8 Å². The number of nitrogens with one attached hydrogen (secondary N) is 3. The predicted octanol–water partition coefficient (Wildman–Crippen LogP) is 7.79. The van der Waals surface area contributed by atoms with Crippen LogP contribution in [0.5, 0.6) is 11.5 Å². The van der Waals surface area contributed by atoms with E-state index in [9.17, 15) is 23.3 Å². The molecule has 5 aromatic rings. The molecule has 3 aromatic carbocycles. The minimum Gasteiger partial charge on any atom is -0.455 e. The minimum atomic E-state index is -4.85. The van der Waals surface area contributed by atoms with Gasteiger partial charge in [0, 0.05) is 73.2 Å². The molecule has 4 heterocycles. The lowest BCUT2D eigenvalue weighted by Crippen LogP contribution is -2.52. The van der Waals surface area contributed by atoms with Gasteiger partial charge in [-0.1, -0.05) is 36.2 Å². The van der Waals surface area contributed by atoms with Crippen LogP contribution in [0.3, 0.4) is 0 Å². The van der Waals surface area contributed by atoms with Crippen LogP contribution in [0, 0.1) is 21.8 Å². The van der Waals surface area contributed by atoms with Gasteiger partial charge in [0.05, 0.1) is 47.5 Å². The first-order valence-corrected chi connectivity index (χ1v) is 22.4. The maximum atomic E-state index is 15.5. The highest BCUT2D eigenvalue weighted by molar-refractivity contribution is 7.90. The second-order valence-corrected chi connectivity index (χ2v) is 18.1. The number of carbonyl (C=O) groups excluding carboxylic acids is 1. The Hall–Kier alpha value is -5.59. The number of anilines is 2. The smallest absolute Gasteiger partial charge is 0.296 e. The van der Waals surface area contributed by atoms with Crippen molar-refractivity contribution in [2.24, 2.45) is 5.92 Å². The van der Waals surface area contributed by atoms with E-state index in [4.69, 9.17) is 25.8 Å². The Kier molecular flexibility index (Phi) is 12.8. The van der Waals surface area contributed by atoms with Crippen molar-refractivity contribution in [3.8, 4) is 11.5 Å². The molecule has 3 atom stereocenters. The van der Waals surface area contributed by atoms with E-state index in [1.54, 1.807) is 24.4 Å². The van der Waals surface area contributed by atoms with Gasteiger partial charge in [-0.2, -0.15) is 0 Å². The van der Waals surface area contributed by atoms with Crippen molar-refractivity contribution in [3.63, 3.8) is 0 Å². The minimum absolute atomic E-state index is 0.0238. The van der Waals surface area contributed by atoms with Gasteiger partial charge in [-0.15, -0.1) is 0 Å². The van der Waals surface area contributed by atoms with Gasteiger partial charge in [-0.05, 0) is 85.7 Å². The zero-order valence-corrected chi connectivity index (χ0v) is 35.8. The highest BCUT2D eigenvalue weighted by atomic mass is 35.5. The monoisotopic (exact) mass is 887 g/mol. The van der Waals surface area contributed by atoms with E-state index in [0.717, 1.165) is 50.0 Å². The lowest BCUT2D eigenvalue weighted by molar-refractivity contribution is -0.384. The molecular weight excluding hydrogens is 841 g/mol. The molecule has 0 bridgehead atoms. The maximum absolute atomic E-state index is 15.5. The molecule has 326 valence electrons. The number of ether oxygens (including phenoxy) is 3. The predicted molar refractivity (Wildman–Crippen MR) is 234 cm³/mol. The van der Waals surface area contributed by atoms with Crippen LogP contribution in [0.1, 0.15) is 49.0 Å². The van der Waals surface area contributed by atoms with Gasteiger partial charge in [-0.25, -0.2) is 22.5 Å². The Bertz CT molecular complexity index is 2620. The summed E-state index contributed by atoms with van der Waals surface area (Å²) in [6, 6.07) is 17.9. The number of allylic oxidation sites excluding steroid dienone is 1. The zero-order valence-electron chi connectivity index (χ0n) is 34.2. The van der Waals surface area contributed by atoms with E-state index in [-0.39, 0.29) is 30.5 Å². The lowest BCUT2D eigenvalue weighted by atomic mass is 9.81. The van der Waals surface area contributed by atoms with Crippen LogP contribution >= 0.6 is 11.6 Å². The van der Waals surface area contributed by atoms with Crippen LogP contribution in [0.25, 0.3) is 16.6 Å². The molecule has 2 aliphatic heterocycles. The first kappa shape index (κ1) is 43.1. The van der Waals surface area contributed by atoms with Crippen molar-refractivity contribution in [3.05, 3.63) is 117 Å². The Balaban J connectivity index is 1.03. The molecule has 0 spiro atoms. The molecule has 1 amide bonds. The van der Waals surface area contributed by atoms with Crippen molar-refractivity contribution in [2.75, 3.05) is 62.8 Å². The van der Waals surface area contributed by atoms with Crippen molar-refractivity contribution < 1.29 is 36.7 Å². The summed E-state index contributed by atoms with van der Waals surface area (Å²) in [5.41, 5.74) is 3.94. The third-order valence-electron chi connectivity index (χ3n) is 11.5. The number of rotatable bonds is 13. The highest BCUT2D eigenvalue weighted by Gasteiger charge is 2.31. The fraction of sp³-hybridized carbons (Fsp3) is 0.364. The molecule has 0 unspecified atom stereocenters. The van der Waals surface area contributed by atoms with E-state index < -0.39 is 49.0 Å². The average molecular weight is 888 g/mol. The fourth-order valence-electron chi connectivity index (χ4n) is 8.36. The van der Waals surface area contributed by atoms with E-state index in [2.05, 4.69) is 51.1 Å². The number of hydrogen-bond donors (Lipinski definition) is 3. The van der Waals surface area contributed by atoms with E-state index in [0.29, 0.717) is 54.2 Å². The molecular formula is C44H47ClFN7O8S. The number of halogens is 2. The Morgan fingerprint density at radius 2 is 1.92 bits per heavy atom. The third-order valence-corrected chi connectivity index (χ3v) is 13.1. The Labute approximate surface area is 363 Å². The van der Waals surface area contributed by atoms with Gasteiger partial charge < -0.3 is 29.4 Å². The Morgan fingerprint density at radius 1 is 1.10 bits per heavy atom. The summed E-state index contributed by atoms with van der Waals surface area (Å²) in [7, 11) is -4.85. The number of pyridine rings is 1. The molecule has 62 heavy (non-hydrogen) atoms. The highest BCUT2D eigenvalue weighted by Crippen LogP contribution is 2.38. The van der Waals surface area contributed by atoms with Crippen molar-refractivity contribution in [1.82, 2.24) is 19.6 Å². The molecule has 0 radical (unpaired) electrons. The number of nitro groups is 1. The fourth-order valence-corrected chi connectivity index (χ4v) is 9.48. The van der Waals surface area contributed by atoms with Crippen molar-refractivity contribution in [2.45, 2.75) is 50.2 Å². The molecule has 18 heteroatoms. The molecule has 3 N–H and O–H groups in total. The molecule has 15 nitrogen and oxygen atoms in total. The van der Waals surface area contributed by atoms with Crippen LogP contribution in [0.4, 0.5) is 21.5 Å². The van der Waals surface area contributed by atoms with Gasteiger partial charge >= 0.3 is 0 Å². The number of aromatic nitrogens is 2. The maximum Gasteiger partial charge on any atom is 0.296 e. The van der Waals surface area contributed by atoms with Crippen molar-refractivity contribution >= 4 is 61.2 Å². The number of H-pyrrole nitrogens is 1. The first-order valence-electron chi connectivity index (χ1n) is 20.5. The zero-order chi connectivity index (χ0) is 43.5. The summed E-state index contributed by atoms with van der Waals surface area (Å²) >= 11 is 6.22. The quantitative estimate of drug-likeness (QED) is 0.0773. The van der Waals surface area contributed by atoms with Crippen LogP contribution in [-0.2, 0) is 19.5 Å². The number of carbonyl (C=O) groups is 1. The normalized spacial score (nSPS) is 20.0. The Morgan fingerprint density at radius 3 is 2.68 bits per heavy atom. The van der Waals surface area contributed by atoms with Crippen LogP contribution in [-0.4, -0.2) is 98.8 Å². The number of hydrogen-bond acceptors (Lipinski definition) is 12. The van der Waals surface area contributed by atoms with Gasteiger partial charge in [-0.3, -0.25) is 19.8 Å². The largest absolute Gasteiger partial charge is 0.455 e. The van der Waals surface area contributed by atoms with Crippen LogP contribution in [0.2, 0.25) is 5.02 Å². The number of sulfonamides is 1. The van der Waals surface area contributed by atoms with E-state index in [1.807, 2.05) is 22.9 Å². The molecule has 0 saturated carbocycles. The lowest BCUT2D eigenvalue weighted by Gasteiger charge is -2.42. The van der Waals surface area contributed by atoms with Crippen LogP contribution in [0.15, 0.2) is 89.6 Å². The van der Waals surface area contributed by atoms with E-state index in [1.165, 1.54) is 29.0 Å². The second kappa shape index (κ2) is 18.4. The van der Waals surface area contributed by atoms with Crippen LogP contribution < -0.4 is 19.7 Å². The molecule has 1 aliphatic carbocycles. The van der Waals surface area contributed by atoms with Gasteiger partial charge in [0.2, 0.25) is 0 Å². The number of amides is 1. The summed E-state index contributed by atoms with van der Waals surface area (Å²) in [5, 5.41) is 16.1. The number of piperazine rings is 1. The standard InChI is InChI=1S/C44H47ClFN7O8S/c1-27-3-4-31(38(17-27)29-5-7-32(45)8-6-29)25-51-13-14-52(28(2)24-51)33-9-10-37(41(19-33)61-34-18-30-11-12-47-43(30)49-22-34)44(54)50-62(57,58)36-20-39(46)42(40(21-36)53(55)56)48-23-35-26-59-15-16-60-35/h5-12,18-22,27-28,35,48H,3-4,13-17,23-26H2,1-2H3,(H,47,49)(H,50,54)/t27-,28-,35+/m1/s1. The number of nitro benzene ring substituents is 1.